The Kier molecular flexibility index (Phi) is 2.45. The molecular formula is C6H12O3. The summed E-state index contributed by atoms with van der Waals surface area (Å²) >= 11 is 0. The van der Waals surface area contributed by atoms with Gasteiger partial charge in [0, 0.05) is 12.5 Å². The number of aliphatic hydroxyl groups excluding tert-OH is 2. The third-order valence-electron chi connectivity index (χ3n) is 1.67. The van der Waals surface area contributed by atoms with Gasteiger partial charge in [0.05, 0.1) is 19.3 Å². The van der Waals surface area contributed by atoms with E-state index in [1.54, 1.807) is 0 Å². The van der Waals surface area contributed by atoms with Crippen LogP contribution in [0.1, 0.15) is 6.42 Å². The monoisotopic (exact) mass is 132 g/mol. The van der Waals surface area contributed by atoms with Crippen LogP contribution in [0.15, 0.2) is 0 Å². The van der Waals surface area contributed by atoms with E-state index >= 15 is 0 Å². The van der Waals surface area contributed by atoms with Crippen molar-refractivity contribution >= 4 is 0 Å². The minimum atomic E-state index is -0.358. The van der Waals surface area contributed by atoms with Gasteiger partial charge in [0.15, 0.2) is 0 Å². The lowest BCUT2D eigenvalue weighted by molar-refractivity contribution is -0.0535. The molecule has 1 fully saturated rings. The number of rotatable bonds is 1. The molecule has 3 heteroatoms. The molecule has 9 heavy (non-hydrogen) atoms. The lowest BCUT2D eigenvalue weighted by Crippen LogP contribution is -2.33. The highest BCUT2D eigenvalue weighted by atomic mass is 16.5. The number of hydrogen-bond donors (Lipinski definition) is 2. The highest BCUT2D eigenvalue weighted by Gasteiger charge is 2.22. The third kappa shape index (κ3) is 1.64. The van der Waals surface area contributed by atoms with Crippen LogP contribution in [0.3, 0.4) is 0 Å². The van der Waals surface area contributed by atoms with Crippen molar-refractivity contribution in [3.63, 3.8) is 0 Å². The Labute approximate surface area is 54.3 Å². The maximum absolute atomic E-state index is 9.13. The van der Waals surface area contributed by atoms with Gasteiger partial charge in [0.25, 0.3) is 0 Å². The van der Waals surface area contributed by atoms with Crippen LogP contribution in [-0.2, 0) is 4.74 Å². The SMILES string of the molecule is OC[C@@H]1COCC[C@H]1O. The summed E-state index contributed by atoms with van der Waals surface area (Å²) in [6.07, 6.45) is 0.300. The van der Waals surface area contributed by atoms with E-state index in [-0.39, 0.29) is 18.6 Å². The summed E-state index contributed by atoms with van der Waals surface area (Å²) < 4.78 is 5.02. The van der Waals surface area contributed by atoms with Crippen LogP contribution in [0, 0.1) is 5.92 Å². The summed E-state index contributed by atoms with van der Waals surface area (Å²) in [7, 11) is 0. The van der Waals surface area contributed by atoms with Gasteiger partial charge in [-0.1, -0.05) is 0 Å². The minimum Gasteiger partial charge on any atom is -0.396 e. The molecule has 0 aromatic heterocycles. The summed E-state index contributed by atoms with van der Waals surface area (Å²) in [5.74, 6) is -0.0567. The average Bonchev–Trinajstić information content (AvgIpc) is 1.89. The second kappa shape index (κ2) is 3.15. The first-order valence-corrected chi connectivity index (χ1v) is 3.21. The van der Waals surface area contributed by atoms with Gasteiger partial charge >= 0.3 is 0 Å². The average molecular weight is 132 g/mol. The van der Waals surface area contributed by atoms with Crippen LogP contribution >= 0.6 is 0 Å². The van der Waals surface area contributed by atoms with Crippen molar-refractivity contribution < 1.29 is 14.9 Å². The Balaban J connectivity index is 2.30. The minimum absolute atomic E-state index is 0.0289. The van der Waals surface area contributed by atoms with E-state index in [4.69, 9.17) is 14.9 Å². The van der Waals surface area contributed by atoms with Gasteiger partial charge in [-0.3, -0.25) is 0 Å². The van der Waals surface area contributed by atoms with Crippen molar-refractivity contribution in [1.82, 2.24) is 0 Å². The zero-order valence-electron chi connectivity index (χ0n) is 5.29. The maximum atomic E-state index is 9.13. The molecule has 0 amide bonds. The number of aliphatic hydroxyl groups is 2. The molecule has 0 spiro atoms. The molecule has 0 bridgehead atoms. The van der Waals surface area contributed by atoms with Crippen molar-refractivity contribution in [2.24, 2.45) is 5.92 Å². The van der Waals surface area contributed by atoms with Crippen LogP contribution in [0.2, 0.25) is 0 Å². The first-order chi connectivity index (χ1) is 4.34. The normalized spacial score (nSPS) is 36.7. The standard InChI is InChI=1S/C6H12O3/c7-3-5-4-9-2-1-6(5)8/h5-8H,1-4H2/t5-,6-/m1/s1. The quantitative estimate of drug-likeness (QED) is 0.499. The van der Waals surface area contributed by atoms with Crippen LogP contribution in [0.25, 0.3) is 0 Å². The Morgan fingerprint density at radius 2 is 2.33 bits per heavy atom. The highest BCUT2D eigenvalue weighted by molar-refractivity contribution is 4.70. The molecule has 0 aliphatic carbocycles. The van der Waals surface area contributed by atoms with E-state index < -0.39 is 0 Å². The van der Waals surface area contributed by atoms with Crippen molar-refractivity contribution in [3.8, 4) is 0 Å². The summed E-state index contributed by atoms with van der Waals surface area (Å²) in [5.41, 5.74) is 0. The smallest absolute Gasteiger partial charge is 0.0634 e. The van der Waals surface area contributed by atoms with Crippen LogP contribution in [0.4, 0.5) is 0 Å². The molecule has 0 unspecified atom stereocenters. The summed E-state index contributed by atoms with van der Waals surface area (Å²) in [6.45, 7) is 1.15. The fourth-order valence-electron chi connectivity index (χ4n) is 0.960. The zero-order chi connectivity index (χ0) is 6.69. The number of ether oxygens (including phenoxy) is 1. The molecule has 1 heterocycles. The predicted molar refractivity (Wildman–Crippen MR) is 32.0 cm³/mol. The molecule has 0 aromatic rings. The highest BCUT2D eigenvalue weighted by Crippen LogP contribution is 2.12. The van der Waals surface area contributed by atoms with Gasteiger partial charge in [0.1, 0.15) is 0 Å². The van der Waals surface area contributed by atoms with E-state index in [1.165, 1.54) is 0 Å². The number of hydrogen-bond acceptors (Lipinski definition) is 3. The molecule has 2 atom stereocenters. The predicted octanol–water partition coefficient (Wildman–Crippen LogP) is -0.624. The summed E-state index contributed by atoms with van der Waals surface area (Å²) in [5, 5.41) is 17.8. The zero-order valence-corrected chi connectivity index (χ0v) is 5.29. The van der Waals surface area contributed by atoms with E-state index in [1.807, 2.05) is 0 Å². The largest absolute Gasteiger partial charge is 0.396 e. The first kappa shape index (κ1) is 6.99. The Hall–Kier alpha value is -0.120. The fraction of sp³-hybridized carbons (Fsp3) is 1.00. The molecule has 1 aliphatic rings. The van der Waals surface area contributed by atoms with Crippen molar-refractivity contribution in [1.29, 1.82) is 0 Å². The molecule has 3 nitrogen and oxygen atoms in total. The van der Waals surface area contributed by atoms with Gasteiger partial charge in [0.2, 0.25) is 0 Å². The summed E-state index contributed by atoms with van der Waals surface area (Å²) in [6, 6.07) is 0. The molecule has 1 saturated heterocycles. The van der Waals surface area contributed by atoms with Gasteiger partial charge in [-0.15, -0.1) is 0 Å². The van der Waals surface area contributed by atoms with E-state index in [0.717, 1.165) is 0 Å². The lowest BCUT2D eigenvalue weighted by atomic mass is 10.0. The van der Waals surface area contributed by atoms with Crippen molar-refractivity contribution in [3.05, 3.63) is 0 Å². The molecular weight excluding hydrogens is 120 g/mol. The Morgan fingerprint density at radius 1 is 1.56 bits per heavy atom. The topological polar surface area (TPSA) is 49.7 Å². The van der Waals surface area contributed by atoms with Crippen LogP contribution < -0.4 is 0 Å². The second-order valence-electron chi connectivity index (χ2n) is 2.37. The van der Waals surface area contributed by atoms with Crippen molar-refractivity contribution in [2.75, 3.05) is 19.8 Å². The maximum Gasteiger partial charge on any atom is 0.0634 e. The van der Waals surface area contributed by atoms with Crippen LogP contribution in [0.5, 0.6) is 0 Å². The third-order valence-corrected chi connectivity index (χ3v) is 1.67. The van der Waals surface area contributed by atoms with E-state index in [0.29, 0.717) is 19.6 Å². The van der Waals surface area contributed by atoms with Gasteiger partial charge in [-0.25, -0.2) is 0 Å². The second-order valence-corrected chi connectivity index (χ2v) is 2.37. The molecule has 2 N–H and O–H groups in total. The van der Waals surface area contributed by atoms with E-state index in [2.05, 4.69) is 0 Å². The summed E-state index contributed by atoms with van der Waals surface area (Å²) in [4.78, 5) is 0. The molecule has 0 radical (unpaired) electrons. The van der Waals surface area contributed by atoms with Gasteiger partial charge in [-0.05, 0) is 6.42 Å². The first-order valence-electron chi connectivity index (χ1n) is 3.21. The molecule has 1 aliphatic heterocycles. The molecule has 1 rings (SSSR count). The van der Waals surface area contributed by atoms with E-state index in [9.17, 15) is 0 Å². The molecule has 0 saturated carbocycles. The van der Waals surface area contributed by atoms with Crippen molar-refractivity contribution in [2.45, 2.75) is 12.5 Å². The van der Waals surface area contributed by atoms with Crippen LogP contribution in [-0.4, -0.2) is 36.1 Å². The molecule has 0 aromatic carbocycles. The van der Waals surface area contributed by atoms with Gasteiger partial charge in [-0.2, -0.15) is 0 Å². The lowest BCUT2D eigenvalue weighted by Gasteiger charge is -2.25. The fourth-order valence-corrected chi connectivity index (χ4v) is 0.960. The van der Waals surface area contributed by atoms with Gasteiger partial charge < -0.3 is 14.9 Å². The Bertz CT molecular complexity index is 84.4. The Morgan fingerprint density at radius 3 is 2.78 bits per heavy atom. The molecule has 54 valence electrons.